The quantitative estimate of drug-likeness (QED) is 0.165. The third kappa shape index (κ3) is 6.16. The molecule has 0 bridgehead atoms. The second kappa shape index (κ2) is 14.9. The maximum Gasteiger partial charge on any atom is 0.301 e. The molecule has 9 aromatic rings. The maximum atomic E-state index is 7.66. The standard InChI is InChI=1S/C67H66BN3O2/c1-63(2,3)41-22-27-44(28-23-41)69-53-32-31-48-49-37-43(65(7,8)9)26-33-56(49)72-61(48)58(53)68-57-54(69)38-46(71-52-21-15-14-20-51(52)66(10)34-16-17-35-67(66,71)11)39-55(57)70(45-29-24-42(25-30-45)64(4,5)6)59-50-36-40-18-12-13-19-47(40)60(50)73-62(59)68/h12-15,18-33,37-39H,16-17,34-36H2,1-11H3. The van der Waals surface area contributed by atoms with Gasteiger partial charge in [-0.2, -0.15) is 0 Å². The summed E-state index contributed by atoms with van der Waals surface area (Å²) < 4.78 is 15.0. The highest BCUT2D eigenvalue weighted by molar-refractivity contribution is 7.01. The molecule has 364 valence electrons. The van der Waals surface area contributed by atoms with E-state index in [1.165, 1.54) is 86.4 Å². The third-order valence-corrected chi connectivity index (χ3v) is 18.3. The molecule has 3 aliphatic heterocycles. The Morgan fingerprint density at radius 1 is 0.521 bits per heavy atom. The Morgan fingerprint density at radius 3 is 1.84 bits per heavy atom. The van der Waals surface area contributed by atoms with E-state index in [-0.39, 0.29) is 33.9 Å². The van der Waals surface area contributed by atoms with E-state index in [0.717, 1.165) is 74.4 Å². The van der Waals surface area contributed by atoms with E-state index in [2.05, 4.69) is 230 Å². The summed E-state index contributed by atoms with van der Waals surface area (Å²) in [5.74, 6) is 0.985. The molecule has 0 N–H and O–H groups in total. The number of hydrogen-bond donors (Lipinski definition) is 0. The summed E-state index contributed by atoms with van der Waals surface area (Å²) >= 11 is 0. The fourth-order valence-corrected chi connectivity index (χ4v) is 14.1. The first kappa shape index (κ1) is 44.8. The van der Waals surface area contributed by atoms with E-state index in [1.54, 1.807) is 0 Å². The number of anilines is 8. The third-order valence-electron chi connectivity index (χ3n) is 18.3. The Hall–Kier alpha value is -6.92. The van der Waals surface area contributed by atoms with Crippen LogP contribution in [0, 0.1) is 0 Å². The van der Waals surface area contributed by atoms with E-state index in [0.29, 0.717) is 0 Å². The summed E-state index contributed by atoms with van der Waals surface area (Å²) in [5.41, 5.74) is 23.5. The molecule has 5 nitrogen and oxygen atoms in total. The molecule has 2 atom stereocenters. The lowest BCUT2D eigenvalue weighted by atomic mass is 9.35. The van der Waals surface area contributed by atoms with Crippen molar-refractivity contribution in [2.24, 2.45) is 0 Å². The van der Waals surface area contributed by atoms with Crippen molar-refractivity contribution in [3.05, 3.63) is 173 Å². The summed E-state index contributed by atoms with van der Waals surface area (Å²) in [6.07, 6.45) is 5.53. The first-order valence-corrected chi connectivity index (χ1v) is 27.0. The van der Waals surface area contributed by atoms with Crippen LogP contribution in [0.4, 0.5) is 45.5 Å². The fraction of sp³-hybridized carbons (Fsp3) is 0.313. The van der Waals surface area contributed by atoms with Gasteiger partial charge in [-0.1, -0.05) is 155 Å². The minimum absolute atomic E-state index is 0.00210. The maximum absolute atomic E-state index is 7.66. The number of hydrogen-bond acceptors (Lipinski definition) is 5. The summed E-state index contributed by atoms with van der Waals surface area (Å²) in [4.78, 5) is 7.93. The van der Waals surface area contributed by atoms with Gasteiger partial charge >= 0.3 is 6.71 Å². The zero-order chi connectivity index (χ0) is 50.3. The Labute approximate surface area is 431 Å². The van der Waals surface area contributed by atoms with Gasteiger partial charge in [-0.25, -0.2) is 0 Å². The molecule has 6 heteroatoms. The highest BCUT2D eigenvalue weighted by Crippen LogP contribution is 2.62. The summed E-state index contributed by atoms with van der Waals surface area (Å²) in [6.45, 7) is 25.6. The molecule has 14 rings (SSSR count). The molecule has 2 unspecified atom stereocenters. The van der Waals surface area contributed by atoms with E-state index < -0.39 is 0 Å². The van der Waals surface area contributed by atoms with Crippen LogP contribution in [-0.4, -0.2) is 12.3 Å². The number of para-hydroxylation sites is 1. The topological polar surface area (TPSA) is 36.0 Å². The molecule has 5 heterocycles. The van der Waals surface area contributed by atoms with Gasteiger partial charge in [-0.3, -0.25) is 0 Å². The van der Waals surface area contributed by atoms with Crippen molar-refractivity contribution < 1.29 is 8.83 Å². The van der Waals surface area contributed by atoms with Crippen LogP contribution in [0.3, 0.4) is 0 Å². The summed E-state index contributed by atoms with van der Waals surface area (Å²) in [7, 11) is 0. The average molecular weight is 956 g/mol. The van der Waals surface area contributed by atoms with Crippen LogP contribution in [0.15, 0.2) is 148 Å². The van der Waals surface area contributed by atoms with E-state index in [4.69, 9.17) is 8.83 Å². The Balaban J connectivity index is 1.13. The molecule has 1 fully saturated rings. The van der Waals surface area contributed by atoms with Crippen molar-refractivity contribution in [1.82, 2.24) is 0 Å². The Morgan fingerprint density at radius 2 is 1.14 bits per heavy atom. The van der Waals surface area contributed by atoms with Crippen LogP contribution in [0.25, 0.3) is 33.3 Å². The molecule has 73 heavy (non-hydrogen) atoms. The second-order valence-electron chi connectivity index (χ2n) is 25.7. The van der Waals surface area contributed by atoms with Crippen molar-refractivity contribution in [1.29, 1.82) is 0 Å². The minimum Gasteiger partial charge on any atom is -0.468 e. The second-order valence-corrected chi connectivity index (χ2v) is 25.7. The molecule has 0 saturated heterocycles. The van der Waals surface area contributed by atoms with Crippen molar-refractivity contribution in [3.8, 4) is 11.3 Å². The summed E-state index contributed by atoms with van der Waals surface area (Å²) in [5, 5.41) is 2.28. The molecular weight excluding hydrogens is 890 g/mol. The lowest BCUT2D eigenvalue weighted by molar-refractivity contribution is 0.195. The average Bonchev–Trinajstić information content (AvgIpc) is 4.09. The lowest BCUT2D eigenvalue weighted by Crippen LogP contribution is -2.61. The highest BCUT2D eigenvalue weighted by Gasteiger charge is 2.58. The van der Waals surface area contributed by atoms with Gasteiger partial charge in [0.05, 0.1) is 16.9 Å². The van der Waals surface area contributed by atoms with Gasteiger partial charge in [-0.15, -0.1) is 0 Å². The Kier molecular flexibility index (Phi) is 9.12. The SMILES string of the molecule is CC(C)(C)c1ccc(N2c3cc(N4c5ccccc5C5(C)CCCCC45C)cc4c3B(c3oc5c(c3N4c3ccc(C(C)(C)C)cc3)Cc3ccccc3-5)c3c2ccc2c3oc3ccc(C(C)(C)C)cc32)cc1. The molecule has 2 aliphatic carbocycles. The fourth-order valence-electron chi connectivity index (χ4n) is 14.1. The van der Waals surface area contributed by atoms with Crippen molar-refractivity contribution >= 4 is 90.7 Å². The number of fused-ring (bicyclic) bond motifs is 15. The van der Waals surface area contributed by atoms with Gasteiger partial charge < -0.3 is 23.5 Å². The minimum atomic E-state index is -0.273. The molecule has 1 saturated carbocycles. The molecule has 0 amide bonds. The molecular formula is C67H66BN3O2. The molecule has 0 spiro atoms. The van der Waals surface area contributed by atoms with Gasteiger partial charge in [0, 0.05) is 79.0 Å². The summed E-state index contributed by atoms with van der Waals surface area (Å²) in [6, 6.07) is 53.6. The number of nitrogens with zero attached hydrogens (tertiary/aromatic N) is 3. The van der Waals surface area contributed by atoms with Crippen LogP contribution in [0.2, 0.25) is 0 Å². The van der Waals surface area contributed by atoms with E-state index in [1.807, 2.05) is 0 Å². The van der Waals surface area contributed by atoms with E-state index in [9.17, 15) is 0 Å². The lowest BCUT2D eigenvalue weighted by Gasteiger charge is -2.51. The zero-order valence-electron chi connectivity index (χ0n) is 44.6. The zero-order valence-corrected chi connectivity index (χ0v) is 44.6. The Bertz CT molecular complexity index is 3780. The molecule has 0 radical (unpaired) electrons. The van der Waals surface area contributed by atoms with Gasteiger partial charge in [0.15, 0.2) is 0 Å². The van der Waals surface area contributed by atoms with Gasteiger partial charge in [0.1, 0.15) is 16.9 Å². The van der Waals surface area contributed by atoms with E-state index >= 15 is 0 Å². The van der Waals surface area contributed by atoms with Crippen LogP contribution in [0.5, 0.6) is 0 Å². The first-order chi connectivity index (χ1) is 34.8. The smallest absolute Gasteiger partial charge is 0.301 e. The predicted octanol–water partition coefficient (Wildman–Crippen LogP) is 16.5. The molecule has 7 aromatic carbocycles. The monoisotopic (exact) mass is 956 g/mol. The highest BCUT2D eigenvalue weighted by atomic mass is 16.3. The van der Waals surface area contributed by atoms with Crippen LogP contribution in [-0.2, 0) is 28.1 Å². The molecule has 5 aliphatic rings. The normalized spacial score (nSPS) is 19.7. The van der Waals surface area contributed by atoms with Crippen molar-refractivity contribution in [2.75, 3.05) is 14.7 Å². The van der Waals surface area contributed by atoms with Crippen molar-refractivity contribution in [3.63, 3.8) is 0 Å². The van der Waals surface area contributed by atoms with Crippen LogP contribution < -0.4 is 31.3 Å². The number of rotatable bonds is 3. The van der Waals surface area contributed by atoms with Crippen LogP contribution in [0.1, 0.15) is 135 Å². The largest absolute Gasteiger partial charge is 0.468 e. The molecule has 2 aromatic heterocycles. The number of furan rings is 2. The van der Waals surface area contributed by atoms with Crippen molar-refractivity contribution in [2.45, 2.75) is 135 Å². The predicted molar refractivity (Wildman–Crippen MR) is 307 cm³/mol. The van der Waals surface area contributed by atoms with Gasteiger partial charge in [0.2, 0.25) is 0 Å². The van der Waals surface area contributed by atoms with Gasteiger partial charge in [0.25, 0.3) is 0 Å². The van der Waals surface area contributed by atoms with Crippen LogP contribution >= 0.6 is 0 Å². The van der Waals surface area contributed by atoms with Gasteiger partial charge in [-0.05, 0) is 136 Å². The number of benzene rings is 7. The first-order valence-electron chi connectivity index (χ1n) is 27.0.